The van der Waals surface area contributed by atoms with Crippen LogP contribution < -0.4 is 5.73 Å². The van der Waals surface area contributed by atoms with Crippen LogP contribution in [0.15, 0.2) is 18.2 Å². The third-order valence-electron chi connectivity index (χ3n) is 2.92. The predicted molar refractivity (Wildman–Crippen MR) is 71.7 cm³/mol. The molecule has 0 aliphatic rings. The molecule has 1 aromatic heterocycles. The zero-order valence-corrected chi connectivity index (χ0v) is 10.8. The molecule has 0 aliphatic heterocycles. The molecule has 1 heterocycles. The first-order valence-electron chi connectivity index (χ1n) is 5.56. The van der Waals surface area contributed by atoms with Gasteiger partial charge in [0.2, 0.25) is 5.95 Å². The molecular weight excluding hydrogens is 237 g/mol. The Balaban J connectivity index is 2.33. The van der Waals surface area contributed by atoms with E-state index in [1.807, 2.05) is 22.4 Å². The second-order valence-corrected chi connectivity index (χ2v) is 5.34. The van der Waals surface area contributed by atoms with Crippen molar-refractivity contribution in [3.8, 4) is 0 Å². The first-order valence-corrected chi connectivity index (χ1v) is 6.85. The van der Waals surface area contributed by atoms with Gasteiger partial charge in [0, 0.05) is 11.8 Å². The van der Waals surface area contributed by atoms with E-state index in [-0.39, 0.29) is 5.82 Å². The molecule has 2 rings (SSSR count). The molecule has 17 heavy (non-hydrogen) atoms. The van der Waals surface area contributed by atoms with Crippen LogP contribution in [0.1, 0.15) is 13.3 Å². The molecule has 0 aliphatic carbocycles. The molecule has 0 saturated heterocycles. The summed E-state index contributed by atoms with van der Waals surface area (Å²) in [4.78, 5) is 4.08. The standard InChI is InChI=1S/C12H16FN3S/c1-8(17-2)6-7-16-10-5-3-4-9(13)11(10)15-12(16)14/h3-5,8H,6-7H2,1-2H3,(H2,14,15). The number of para-hydroxylation sites is 1. The van der Waals surface area contributed by atoms with Crippen LogP contribution in [0.25, 0.3) is 11.0 Å². The van der Waals surface area contributed by atoms with Crippen molar-refractivity contribution < 1.29 is 4.39 Å². The fourth-order valence-corrected chi connectivity index (χ4v) is 2.14. The summed E-state index contributed by atoms with van der Waals surface area (Å²) in [7, 11) is 0. The summed E-state index contributed by atoms with van der Waals surface area (Å²) in [5.74, 6) is 0.0734. The second-order valence-electron chi connectivity index (χ2n) is 4.06. The number of nitrogen functional groups attached to an aromatic ring is 1. The van der Waals surface area contributed by atoms with E-state index in [1.54, 1.807) is 6.07 Å². The minimum Gasteiger partial charge on any atom is -0.369 e. The minimum absolute atomic E-state index is 0.314. The van der Waals surface area contributed by atoms with Crippen molar-refractivity contribution in [2.75, 3.05) is 12.0 Å². The van der Waals surface area contributed by atoms with Crippen molar-refractivity contribution in [3.63, 3.8) is 0 Å². The van der Waals surface area contributed by atoms with Crippen molar-refractivity contribution >= 4 is 28.7 Å². The summed E-state index contributed by atoms with van der Waals surface area (Å²) in [6.07, 6.45) is 3.08. The van der Waals surface area contributed by atoms with E-state index in [9.17, 15) is 4.39 Å². The van der Waals surface area contributed by atoms with E-state index in [0.717, 1.165) is 18.5 Å². The lowest BCUT2D eigenvalue weighted by atomic mass is 10.3. The zero-order valence-electron chi connectivity index (χ0n) is 9.98. The van der Waals surface area contributed by atoms with Crippen LogP contribution in [-0.2, 0) is 6.54 Å². The Labute approximate surface area is 104 Å². The van der Waals surface area contributed by atoms with E-state index >= 15 is 0 Å². The number of fused-ring (bicyclic) bond motifs is 1. The number of hydrogen-bond donors (Lipinski definition) is 1. The van der Waals surface area contributed by atoms with Crippen molar-refractivity contribution in [3.05, 3.63) is 24.0 Å². The molecule has 1 unspecified atom stereocenters. The highest BCUT2D eigenvalue weighted by atomic mass is 32.2. The Morgan fingerprint density at radius 2 is 2.29 bits per heavy atom. The largest absolute Gasteiger partial charge is 0.369 e. The third-order valence-corrected chi connectivity index (χ3v) is 3.96. The Kier molecular flexibility index (Phi) is 3.57. The number of nitrogens with zero attached hydrogens (tertiary/aromatic N) is 2. The lowest BCUT2D eigenvalue weighted by Gasteiger charge is -2.10. The van der Waals surface area contributed by atoms with Crippen LogP contribution in [0, 0.1) is 5.82 Å². The third kappa shape index (κ3) is 2.39. The summed E-state index contributed by atoms with van der Waals surface area (Å²) in [5.41, 5.74) is 6.96. The van der Waals surface area contributed by atoms with Gasteiger partial charge in [-0.2, -0.15) is 11.8 Å². The fraction of sp³-hybridized carbons (Fsp3) is 0.417. The van der Waals surface area contributed by atoms with Crippen molar-refractivity contribution in [2.24, 2.45) is 0 Å². The molecule has 1 atom stereocenters. The Hall–Kier alpha value is -1.23. The summed E-state index contributed by atoms with van der Waals surface area (Å²) in [5, 5.41) is 0.556. The summed E-state index contributed by atoms with van der Waals surface area (Å²) in [6, 6.07) is 4.95. The van der Waals surface area contributed by atoms with Gasteiger partial charge < -0.3 is 10.3 Å². The molecule has 5 heteroatoms. The van der Waals surface area contributed by atoms with Gasteiger partial charge in [-0.15, -0.1) is 0 Å². The molecule has 92 valence electrons. The molecule has 0 bridgehead atoms. The monoisotopic (exact) mass is 253 g/mol. The number of hydrogen-bond acceptors (Lipinski definition) is 3. The quantitative estimate of drug-likeness (QED) is 0.911. The van der Waals surface area contributed by atoms with Gasteiger partial charge in [0.05, 0.1) is 5.52 Å². The van der Waals surface area contributed by atoms with Crippen LogP contribution >= 0.6 is 11.8 Å². The lowest BCUT2D eigenvalue weighted by Crippen LogP contribution is -2.07. The van der Waals surface area contributed by atoms with Crippen molar-refractivity contribution in [2.45, 2.75) is 25.1 Å². The molecule has 0 radical (unpaired) electrons. The van der Waals surface area contributed by atoms with Crippen LogP contribution in [0.4, 0.5) is 10.3 Å². The molecule has 0 fully saturated rings. The highest BCUT2D eigenvalue weighted by Crippen LogP contribution is 2.22. The molecule has 2 N–H and O–H groups in total. The molecule has 0 spiro atoms. The van der Waals surface area contributed by atoms with Gasteiger partial charge in [0.25, 0.3) is 0 Å². The fourth-order valence-electron chi connectivity index (χ4n) is 1.79. The predicted octanol–water partition coefficient (Wildman–Crippen LogP) is 2.90. The van der Waals surface area contributed by atoms with Gasteiger partial charge in [0.15, 0.2) is 5.82 Å². The Bertz CT molecular complexity index is 524. The number of nitrogens with two attached hydrogens (primary N) is 1. The maximum Gasteiger partial charge on any atom is 0.201 e. The van der Waals surface area contributed by atoms with Crippen LogP contribution in [-0.4, -0.2) is 21.1 Å². The molecule has 2 aromatic rings. The van der Waals surface area contributed by atoms with Crippen LogP contribution in [0.2, 0.25) is 0 Å². The van der Waals surface area contributed by atoms with E-state index in [1.165, 1.54) is 6.07 Å². The zero-order chi connectivity index (χ0) is 12.4. The average Bonchev–Trinajstić information content (AvgIpc) is 2.64. The Morgan fingerprint density at radius 1 is 1.53 bits per heavy atom. The second kappa shape index (κ2) is 4.96. The van der Waals surface area contributed by atoms with E-state index in [2.05, 4.69) is 18.2 Å². The highest BCUT2D eigenvalue weighted by Gasteiger charge is 2.11. The summed E-state index contributed by atoms with van der Waals surface area (Å²) < 4.78 is 15.4. The number of benzene rings is 1. The smallest absolute Gasteiger partial charge is 0.201 e. The van der Waals surface area contributed by atoms with E-state index < -0.39 is 0 Å². The first kappa shape index (κ1) is 12.2. The van der Waals surface area contributed by atoms with E-state index in [4.69, 9.17) is 5.73 Å². The topological polar surface area (TPSA) is 43.8 Å². The highest BCUT2D eigenvalue weighted by molar-refractivity contribution is 7.99. The van der Waals surface area contributed by atoms with Crippen molar-refractivity contribution in [1.82, 2.24) is 9.55 Å². The first-order chi connectivity index (χ1) is 8.13. The van der Waals surface area contributed by atoms with Crippen LogP contribution in [0.3, 0.4) is 0 Å². The van der Waals surface area contributed by atoms with E-state index in [0.29, 0.717) is 16.7 Å². The van der Waals surface area contributed by atoms with Crippen molar-refractivity contribution in [1.29, 1.82) is 0 Å². The van der Waals surface area contributed by atoms with Crippen LogP contribution in [0.5, 0.6) is 0 Å². The number of rotatable bonds is 4. The molecule has 3 nitrogen and oxygen atoms in total. The number of aromatic nitrogens is 2. The van der Waals surface area contributed by atoms with Gasteiger partial charge >= 0.3 is 0 Å². The average molecular weight is 253 g/mol. The minimum atomic E-state index is -0.314. The number of anilines is 1. The molecular formula is C12H16FN3S. The number of halogens is 1. The SMILES string of the molecule is CSC(C)CCn1c(N)nc2c(F)cccc21. The number of aryl methyl sites for hydroxylation is 1. The number of thioether (sulfide) groups is 1. The van der Waals surface area contributed by atoms with Gasteiger partial charge in [-0.3, -0.25) is 0 Å². The van der Waals surface area contributed by atoms with Gasteiger partial charge in [-0.25, -0.2) is 9.37 Å². The maximum absolute atomic E-state index is 13.5. The molecule has 1 aromatic carbocycles. The molecule has 0 saturated carbocycles. The van der Waals surface area contributed by atoms with Gasteiger partial charge in [0.1, 0.15) is 5.52 Å². The lowest BCUT2D eigenvalue weighted by molar-refractivity contribution is 0.636. The van der Waals surface area contributed by atoms with Gasteiger partial charge in [-0.1, -0.05) is 13.0 Å². The normalized spacial score (nSPS) is 13.1. The van der Waals surface area contributed by atoms with Gasteiger partial charge in [-0.05, 0) is 24.8 Å². The number of imidazole rings is 1. The summed E-state index contributed by atoms with van der Waals surface area (Å²) in [6.45, 7) is 2.94. The molecule has 0 amide bonds. The maximum atomic E-state index is 13.5. The Morgan fingerprint density at radius 3 is 3.00 bits per heavy atom. The summed E-state index contributed by atoms with van der Waals surface area (Å²) >= 11 is 1.81.